The highest BCUT2D eigenvalue weighted by Gasteiger charge is 2.31. The van der Waals surface area contributed by atoms with E-state index in [1.54, 1.807) is 24.3 Å². The second-order valence-electron chi connectivity index (χ2n) is 5.45. The summed E-state index contributed by atoms with van der Waals surface area (Å²) < 4.78 is 42.7. The number of hydrogen-bond acceptors (Lipinski definition) is 5. The first-order chi connectivity index (χ1) is 12.8. The summed E-state index contributed by atoms with van der Waals surface area (Å²) in [7, 11) is 0. The first kappa shape index (κ1) is 18.8. The Kier molecular flexibility index (Phi) is 5.41. The van der Waals surface area contributed by atoms with Crippen molar-refractivity contribution < 1.29 is 22.5 Å². The van der Waals surface area contributed by atoms with Crippen LogP contribution in [0.4, 0.5) is 13.2 Å². The Bertz CT molecular complexity index is 945. The molecule has 0 atom stereocenters. The molecule has 6 nitrogen and oxygen atoms in total. The molecule has 3 aromatic rings. The lowest BCUT2D eigenvalue weighted by atomic mass is 10.2. The maximum absolute atomic E-state index is 12.6. The molecule has 0 unspecified atom stereocenters. The number of carbonyl (C=O) groups is 1. The lowest BCUT2D eigenvalue weighted by Gasteiger charge is -2.09. The molecular weight excluding hydrogens is 385 g/mol. The maximum Gasteiger partial charge on any atom is 0.417 e. The number of rotatable bonds is 5. The Morgan fingerprint density at radius 2 is 1.96 bits per heavy atom. The Morgan fingerprint density at radius 3 is 2.63 bits per heavy atom. The number of halogens is 4. The molecule has 140 valence electrons. The Balaban J connectivity index is 1.58. The molecule has 0 saturated carbocycles. The van der Waals surface area contributed by atoms with Crippen molar-refractivity contribution in [1.29, 1.82) is 0 Å². The van der Waals surface area contributed by atoms with E-state index in [2.05, 4.69) is 20.4 Å². The van der Waals surface area contributed by atoms with E-state index >= 15 is 0 Å². The normalized spacial score (nSPS) is 11.4. The summed E-state index contributed by atoms with van der Waals surface area (Å²) >= 11 is 5.82. The third-order valence-electron chi connectivity index (χ3n) is 3.54. The van der Waals surface area contributed by atoms with Crippen molar-refractivity contribution in [3.8, 4) is 11.4 Å². The van der Waals surface area contributed by atoms with Crippen LogP contribution in [-0.4, -0.2) is 27.6 Å². The molecule has 27 heavy (non-hydrogen) atoms. The van der Waals surface area contributed by atoms with Crippen LogP contribution >= 0.6 is 11.6 Å². The molecule has 0 aliphatic rings. The number of benzene rings is 1. The number of amides is 1. The fourth-order valence-corrected chi connectivity index (χ4v) is 2.46. The third kappa shape index (κ3) is 4.62. The predicted octanol–water partition coefficient (Wildman–Crippen LogP) is 3.78. The van der Waals surface area contributed by atoms with Crippen molar-refractivity contribution >= 4 is 17.5 Å². The van der Waals surface area contributed by atoms with Gasteiger partial charge in [-0.2, -0.15) is 18.2 Å². The minimum Gasteiger partial charge on any atom is -0.347 e. The highest BCUT2D eigenvalue weighted by Crippen LogP contribution is 2.31. The van der Waals surface area contributed by atoms with E-state index in [4.69, 9.17) is 16.1 Å². The van der Waals surface area contributed by atoms with E-state index in [9.17, 15) is 18.0 Å². The molecule has 0 aliphatic heterocycles. The summed E-state index contributed by atoms with van der Waals surface area (Å²) in [6.45, 7) is 0.0833. The number of nitrogens with zero attached hydrogens (tertiary/aromatic N) is 3. The molecule has 1 amide bonds. The number of nitrogens with one attached hydrogen (secondary N) is 1. The van der Waals surface area contributed by atoms with Crippen molar-refractivity contribution in [2.45, 2.75) is 12.6 Å². The molecule has 0 fully saturated rings. The van der Waals surface area contributed by atoms with E-state index < -0.39 is 17.6 Å². The largest absolute Gasteiger partial charge is 0.417 e. The molecule has 0 spiro atoms. The smallest absolute Gasteiger partial charge is 0.347 e. The Morgan fingerprint density at radius 1 is 1.22 bits per heavy atom. The summed E-state index contributed by atoms with van der Waals surface area (Å²) in [4.78, 5) is 19.7. The van der Waals surface area contributed by atoms with Crippen LogP contribution in [0.25, 0.3) is 11.4 Å². The van der Waals surface area contributed by atoms with Gasteiger partial charge in [-0.25, -0.2) is 0 Å². The topological polar surface area (TPSA) is 80.9 Å². The average molecular weight is 397 g/mol. The molecule has 2 heterocycles. The van der Waals surface area contributed by atoms with Crippen LogP contribution in [-0.2, 0) is 12.6 Å². The molecule has 1 aromatic carbocycles. The zero-order chi connectivity index (χ0) is 19.4. The van der Waals surface area contributed by atoms with Gasteiger partial charge in [-0.15, -0.1) is 0 Å². The highest BCUT2D eigenvalue weighted by molar-refractivity contribution is 6.31. The van der Waals surface area contributed by atoms with Crippen LogP contribution in [0.2, 0.25) is 5.02 Å². The summed E-state index contributed by atoms with van der Waals surface area (Å²) in [6.07, 6.45) is -3.67. The van der Waals surface area contributed by atoms with Crippen LogP contribution in [0.3, 0.4) is 0 Å². The number of carbonyl (C=O) groups excluding carboxylic acids is 1. The number of alkyl halides is 3. The standard InChI is InChI=1S/C17H12ClF3N4O2/c18-12-8-11(17(19,20)21)9-23-13(12)6-7-22-15(26)16-24-14(25-27-16)10-4-2-1-3-5-10/h1-5,8-9H,6-7H2,(H,22,26). The zero-order valence-electron chi connectivity index (χ0n) is 13.6. The van der Waals surface area contributed by atoms with Crippen LogP contribution in [0.5, 0.6) is 0 Å². The van der Waals surface area contributed by atoms with Gasteiger partial charge >= 0.3 is 18.0 Å². The summed E-state index contributed by atoms with van der Waals surface area (Å²) in [5.41, 5.74) is 0.00101. The van der Waals surface area contributed by atoms with Crippen molar-refractivity contribution in [2.75, 3.05) is 6.54 Å². The van der Waals surface area contributed by atoms with E-state index in [1.807, 2.05) is 6.07 Å². The highest BCUT2D eigenvalue weighted by atomic mass is 35.5. The monoisotopic (exact) mass is 396 g/mol. The van der Waals surface area contributed by atoms with Gasteiger partial charge in [0.15, 0.2) is 0 Å². The summed E-state index contributed by atoms with van der Waals surface area (Å²) in [5.74, 6) is -0.554. The van der Waals surface area contributed by atoms with Crippen LogP contribution in [0.1, 0.15) is 21.9 Å². The number of aromatic nitrogens is 3. The summed E-state index contributed by atoms with van der Waals surface area (Å²) in [6, 6.07) is 9.77. The SMILES string of the molecule is O=C(NCCc1ncc(C(F)(F)F)cc1Cl)c1nc(-c2ccccc2)no1. The van der Waals surface area contributed by atoms with Crippen LogP contribution in [0.15, 0.2) is 47.1 Å². The second kappa shape index (κ2) is 7.75. The summed E-state index contributed by atoms with van der Waals surface area (Å²) in [5, 5.41) is 6.14. The van der Waals surface area contributed by atoms with Crippen molar-refractivity contribution in [2.24, 2.45) is 0 Å². The van der Waals surface area contributed by atoms with Crippen molar-refractivity contribution in [3.05, 3.63) is 64.8 Å². The van der Waals surface area contributed by atoms with Gasteiger partial charge in [0.25, 0.3) is 0 Å². The molecule has 1 N–H and O–H groups in total. The molecular formula is C17H12ClF3N4O2. The van der Waals surface area contributed by atoms with Crippen molar-refractivity contribution in [3.63, 3.8) is 0 Å². The first-order valence-corrected chi connectivity index (χ1v) is 8.11. The molecule has 10 heteroatoms. The number of pyridine rings is 1. The molecule has 0 bridgehead atoms. The van der Waals surface area contributed by atoms with Gasteiger partial charge < -0.3 is 9.84 Å². The van der Waals surface area contributed by atoms with Gasteiger partial charge in [0.2, 0.25) is 5.82 Å². The minimum absolute atomic E-state index is 0.0833. The fourth-order valence-electron chi connectivity index (χ4n) is 2.20. The van der Waals surface area contributed by atoms with E-state index in [1.165, 1.54) is 0 Å². The van der Waals surface area contributed by atoms with Gasteiger partial charge in [-0.3, -0.25) is 9.78 Å². The maximum atomic E-state index is 12.6. The Labute approximate surface area is 156 Å². The quantitative estimate of drug-likeness (QED) is 0.710. The lowest BCUT2D eigenvalue weighted by molar-refractivity contribution is -0.137. The third-order valence-corrected chi connectivity index (χ3v) is 3.87. The van der Waals surface area contributed by atoms with Crippen LogP contribution < -0.4 is 5.32 Å². The Hall–Kier alpha value is -2.94. The molecule has 0 aliphatic carbocycles. The minimum atomic E-state index is -4.52. The fraction of sp³-hybridized carbons (Fsp3) is 0.176. The van der Waals surface area contributed by atoms with E-state index in [0.29, 0.717) is 11.8 Å². The van der Waals surface area contributed by atoms with Crippen molar-refractivity contribution in [1.82, 2.24) is 20.4 Å². The van der Waals surface area contributed by atoms with Gasteiger partial charge in [-0.1, -0.05) is 47.1 Å². The average Bonchev–Trinajstić information content (AvgIpc) is 3.13. The molecule has 2 aromatic heterocycles. The van der Waals surface area contributed by atoms with Gasteiger partial charge in [-0.05, 0) is 6.07 Å². The van der Waals surface area contributed by atoms with Gasteiger partial charge in [0.05, 0.1) is 16.3 Å². The lowest BCUT2D eigenvalue weighted by Crippen LogP contribution is -2.26. The van der Waals surface area contributed by atoms with E-state index in [0.717, 1.165) is 6.07 Å². The predicted molar refractivity (Wildman–Crippen MR) is 90.0 cm³/mol. The van der Waals surface area contributed by atoms with Gasteiger partial charge in [0.1, 0.15) is 0 Å². The number of hydrogen-bond donors (Lipinski definition) is 1. The van der Waals surface area contributed by atoms with Crippen LogP contribution in [0, 0.1) is 0 Å². The molecule has 3 rings (SSSR count). The van der Waals surface area contributed by atoms with E-state index in [-0.39, 0.29) is 35.4 Å². The molecule has 0 radical (unpaired) electrons. The second-order valence-corrected chi connectivity index (χ2v) is 5.85. The molecule has 0 saturated heterocycles. The zero-order valence-corrected chi connectivity index (χ0v) is 14.4. The first-order valence-electron chi connectivity index (χ1n) is 7.73. The van der Waals surface area contributed by atoms with Gasteiger partial charge in [0, 0.05) is 24.7 Å².